The van der Waals surface area contributed by atoms with Gasteiger partial charge in [0.1, 0.15) is 5.82 Å². The number of allylic oxidation sites excluding steroid dienone is 1. The predicted molar refractivity (Wildman–Crippen MR) is 52.4 cm³/mol. The third kappa shape index (κ3) is 3.07. The Morgan fingerprint density at radius 3 is 3.00 bits per heavy atom. The Hall–Kier alpha value is -1.64. The molecule has 3 heteroatoms. The maximum absolute atomic E-state index is 11.1. The maximum Gasteiger partial charge on any atom is 0.249 e. The minimum absolute atomic E-state index is 0.152. The first-order valence-electron chi connectivity index (χ1n) is 4.08. The highest BCUT2D eigenvalue weighted by atomic mass is 16.1. The number of hydrogen-bond acceptors (Lipinski definition) is 2. The van der Waals surface area contributed by atoms with E-state index < -0.39 is 0 Å². The zero-order valence-electron chi connectivity index (χ0n) is 7.74. The van der Waals surface area contributed by atoms with E-state index in [4.69, 9.17) is 0 Å². The van der Waals surface area contributed by atoms with E-state index in [1.807, 2.05) is 19.1 Å². The Labute approximate surface area is 77.5 Å². The summed E-state index contributed by atoms with van der Waals surface area (Å²) in [4.78, 5) is 15.1. The van der Waals surface area contributed by atoms with Crippen LogP contribution in [0.4, 0.5) is 5.82 Å². The average Bonchev–Trinajstić information content (AvgIpc) is 2.04. The first-order valence-corrected chi connectivity index (χ1v) is 4.08. The molecule has 1 aromatic heterocycles. The lowest BCUT2D eigenvalue weighted by molar-refractivity contribution is -0.111. The van der Waals surface area contributed by atoms with Crippen molar-refractivity contribution in [3.63, 3.8) is 0 Å². The van der Waals surface area contributed by atoms with Gasteiger partial charge in [0.25, 0.3) is 0 Å². The molecule has 1 N–H and O–H groups in total. The SMILES string of the molecule is C/C=C/C(=O)Nc1cc(C)ccn1. The van der Waals surface area contributed by atoms with Crippen LogP contribution in [-0.4, -0.2) is 10.9 Å². The van der Waals surface area contributed by atoms with Crippen LogP contribution in [0, 0.1) is 6.92 Å². The van der Waals surface area contributed by atoms with E-state index in [1.54, 1.807) is 19.2 Å². The van der Waals surface area contributed by atoms with E-state index >= 15 is 0 Å². The standard InChI is InChI=1S/C10H12N2O/c1-3-4-10(13)12-9-7-8(2)5-6-11-9/h3-7H,1-2H3,(H,11,12,13)/b4-3+. The van der Waals surface area contributed by atoms with Gasteiger partial charge in [0.15, 0.2) is 0 Å². The lowest BCUT2D eigenvalue weighted by Crippen LogP contribution is -2.08. The molecule has 0 bridgehead atoms. The van der Waals surface area contributed by atoms with E-state index in [1.165, 1.54) is 6.08 Å². The molecule has 1 amide bonds. The number of rotatable bonds is 2. The van der Waals surface area contributed by atoms with Crippen molar-refractivity contribution in [1.29, 1.82) is 0 Å². The Bertz CT molecular complexity index is 331. The van der Waals surface area contributed by atoms with Crippen molar-refractivity contribution in [2.75, 3.05) is 5.32 Å². The topological polar surface area (TPSA) is 42.0 Å². The number of carbonyl (C=O) groups is 1. The minimum Gasteiger partial charge on any atom is -0.307 e. The molecule has 0 aliphatic heterocycles. The molecular weight excluding hydrogens is 164 g/mol. The highest BCUT2D eigenvalue weighted by Gasteiger charge is 1.97. The van der Waals surface area contributed by atoms with Crippen molar-refractivity contribution in [2.24, 2.45) is 0 Å². The third-order valence-corrected chi connectivity index (χ3v) is 1.48. The van der Waals surface area contributed by atoms with E-state index in [0.29, 0.717) is 5.82 Å². The van der Waals surface area contributed by atoms with Crippen LogP contribution in [0.5, 0.6) is 0 Å². The van der Waals surface area contributed by atoms with Gasteiger partial charge in [0.2, 0.25) is 5.91 Å². The molecule has 1 aromatic rings. The molecule has 0 aliphatic rings. The van der Waals surface area contributed by atoms with Crippen molar-refractivity contribution in [2.45, 2.75) is 13.8 Å². The number of anilines is 1. The van der Waals surface area contributed by atoms with Crippen molar-refractivity contribution in [1.82, 2.24) is 4.98 Å². The summed E-state index contributed by atoms with van der Waals surface area (Å²) in [6.07, 6.45) is 4.82. The number of pyridine rings is 1. The Morgan fingerprint density at radius 1 is 1.62 bits per heavy atom. The summed E-state index contributed by atoms with van der Waals surface area (Å²) in [5.41, 5.74) is 1.07. The molecular formula is C10H12N2O. The summed E-state index contributed by atoms with van der Waals surface area (Å²) in [5.74, 6) is 0.434. The fourth-order valence-electron chi connectivity index (χ4n) is 0.924. The van der Waals surface area contributed by atoms with E-state index in [9.17, 15) is 4.79 Å². The zero-order valence-corrected chi connectivity index (χ0v) is 7.74. The molecule has 0 fully saturated rings. The Kier molecular flexibility index (Phi) is 3.20. The lowest BCUT2D eigenvalue weighted by Gasteiger charge is -2.00. The molecule has 0 radical (unpaired) electrons. The van der Waals surface area contributed by atoms with Gasteiger partial charge < -0.3 is 5.32 Å². The number of nitrogens with one attached hydrogen (secondary N) is 1. The molecule has 1 heterocycles. The van der Waals surface area contributed by atoms with Gasteiger partial charge in [-0.2, -0.15) is 0 Å². The number of hydrogen-bond donors (Lipinski definition) is 1. The van der Waals surface area contributed by atoms with Gasteiger partial charge in [-0.1, -0.05) is 6.08 Å². The lowest BCUT2D eigenvalue weighted by atomic mass is 10.3. The zero-order chi connectivity index (χ0) is 9.68. The molecule has 0 aromatic carbocycles. The van der Waals surface area contributed by atoms with Crippen LogP contribution in [0.25, 0.3) is 0 Å². The summed E-state index contributed by atoms with van der Waals surface area (Å²) >= 11 is 0. The monoisotopic (exact) mass is 176 g/mol. The number of carbonyl (C=O) groups excluding carboxylic acids is 1. The summed E-state index contributed by atoms with van der Waals surface area (Å²) < 4.78 is 0. The summed E-state index contributed by atoms with van der Waals surface area (Å²) in [6, 6.07) is 3.70. The number of nitrogens with zero attached hydrogens (tertiary/aromatic N) is 1. The number of amides is 1. The van der Waals surface area contributed by atoms with Crippen LogP contribution in [0.1, 0.15) is 12.5 Å². The normalized spacial score (nSPS) is 10.3. The van der Waals surface area contributed by atoms with Crippen LogP contribution < -0.4 is 5.32 Å². The van der Waals surface area contributed by atoms with Crippen molar-refractivity contribution in [3.8, 4) is 0 Å². The molecule has 0 saturated carbocycles. The van der Waals surface area contributed by atoms with E-state index in [0.717, 1.165) is 5.56 Å². The molecule has 0 spiro atoms. The van der Waals surface area contributed by atoms with Gasteiger partial charge in [-0.3, -0.25) is 4.79 Å². The van der Waals surface area contributed by atoms with Gasteiger partial charge in [-0.25, -0.2) is 4.98 Å². The number of aromatic nitrogens is 1. The molecule has 3 nitrogen and oxygen atoms in total. The van der Waals surface area contributed by atoms with Crippen molar-refractivity contribution >= 4 is 11.7 Å². The van der Waals surface area contributed by atoms with E-state index in [-0.39, 0.29) is 5.91 Å². The summed E-state index contributed by atoms with van der Waals surface area (Å²) in [7, 11) is 0. The Balaban J connectivity index is 2.69. The molecule has 1 rings (SSSR count). The van der Waals surface area contributed by atoms with Gasteiger partial charge in [0, 0.05) is 6.20 Å². The quantitative estimate of drug-likeness (QED) is 0.699. The largest absolute Gasteiger partial charge is 0.307 e. The van der Waals surface area contributed by atoms with Gasteiger partial charge in [0.05, 0.1) is 0 Å². The van der Waals surface area contributed by atoms with Crippen molar-refractivity contribution < 1.29 is 4.79 Å². The van der Waals surface area contributed by atoms with Gasteiger partial charge in [-0.05, 0) is 37.6 Å². The van der Waals surface area contributed by atoms with Crippen LogP contribution in [-0.2, 0) is 4.79 Å². The minimum atomic E-state index is -0.152. The predicted octanol–water partition coefficient (Wildman–Crippen LogP) is 1.90. The first-order chi connectivity index (χ1) is 6.22. The number of aryl methyl sites for hydroxylation is 1. The smallest absolute Gasteiger partial charge is 0.249 e. The van der Waals surface area contributed by atoms with Crippen molar-refractivity contribution in [3.05, 3.63) is 36.0 Å². The van der Waals surface area contributed by atoms with Gasteiger partial charge >= 0.3 is 0 Å². The first kappa shape index (κ1) is 9.45. The second-order valence-electron chi connectivity index (χ2n) is 2.71. The average molecular weight is 176 g/mol. The van der Waals surface area contributed by atoms with Crippen LogP contribution in [0.3, 0.4) is 0 Å². The molecule has 0 atom stereocenters. The second-order valence-corrected chi connectivity index (χ2v) is 2.71. The van der Waals surface area contributed by atoms with E-state index in [2.05, 4.69) is 10.3 Å². The fraction of sp³-hybridized carbons (Fsp3) is 0.200. The third-order valence-electron chi connectivity index (χ3n) is 1.48. The summed E-state index contributed by atoms with van der Waals surface area (Å²) in [6.45, 7) is 3.75. The molecule has 0 unspecified atom stereocenters. The molecule has 0 saturated heterocycles. The highest BCUT2D eigenvalue weighted by molar-refractivity contribution is 5.98. The maximum atomic E-state index is 11.1. The summed E-state index contributed by atoms with van der Waals surface area (Å²) in [5, 5.41) is 2.65. The van der Waals surface area contributed by atoms with Crippen LogP contribution >= 0.6 is 0 Å². The highest BCUT2D eigenvalue weighted by Crippen LogP contribution is 2.04. The second kappa shape index (κ2) is 4.40. The van der Waals surface area contributed by atoms with Crippen LogP contribution in [0.2, 0.25) is 0 Å². The molecule has 13 heavy (non-hydrogen) atoms. The van der Waals surface area contributed by atoms with Crippen LogP contribution in [0.15, 0.2) is 30.5 Å². The van der Waals surface area contributed by atoms with Gasteiger partial charge in [-0.15, -0.1) is 0 Å². The Morgan fingerprint density at radius 2 is 2.38 bits per heavy atom. The molecule has 68 valence electrons. The molecule has 0 aliphatic carbocycles. The fourth-order valence-corrected chi connectivity index (χ4v) is 0.924.